The van der Waals surface area contributed by atoms with Gasteiger partial charge in [0, 0.05) is 18.5 Å². The Kier molecular flexibility index (Phi) is 6.66. The fourth-order valence-electron chi connectivity index (χ4n) is 6.13. The fraction of sp³-hybridized carbons (Fsp3) is 0.385. The van der Waals surface area contributed by atoms with Gasteiger partial charge in [0.15, 0.2) is 0 Å². The molecule has 40 heavy (non-hydrogen) atoms. The summed E-state index contributed by atoms with van der Waals surface area (Å²) in [6.45, 7) is 3.11. The van der Waals surface area contributed by atoms with Gasteiger partial charge in [0.05, 0.1) is 39.9 Å². The van der Waals surface area contributed by atoms with Crippen LogP contribution in [0.4, 0.5) is 21.0 Å². The summed E-state index contributed by atoms with van der Waals surface area (Å²) in [5.74, 6) is -1.69. The van der Waals surface area contributed by atoms with E-state index in [4.69, 9.17) is 9.47 Å². The summed E-state index contributed by atoms with van der Waals surface area (Å²) >= 11 is 4.40. The molecule has 4 aliphatic rings. The summed E-state index contributed by atoms with van der Waals surface area (Å²) in [6, 6.07) is 14.1. The van der Waals surface area contributed by atoms with Crippen molar-refractivity contribution in [3.63, 3.8) is 0 Å². The number of nitrogens with zero attached hydrogens (tertiary/aromatic N) is 6. The number of amides is 4. The second kappa shape index (κ2) is 9.81. The molecule has 4 amide bonds. The molecule has 0 aliphatic carbocycles. The number of hydrogen-bond acceptors (Lipinski definition) is 8. The first-order chi connectivity index (χ1) is 19.2. The third-order valence-electron chi connectivity index (χ3n) is 7.72. The molecule has 0 saturated carbocycles. The maximum Gasteiger partial charge on any atom is 0.359 e. The molecular weight excluding hydrogens is 746 g/mol. The van der Waals surface area contributed by atoms with Crippen LogP contribution in [0.25, 0.3) is 0 Å². The molecule has 0 bridgehead atoms. The van der Waals surface area contributed by atoms with E-state index < -0.39 is 35.3 Å². The van der Waals surface area contributed by atoms with Crippen molar-refractivity contribution in [2.45, 2.75) is 25.2 Å². The number of anilines is 2. The van der Waals surface area contributed by atoms with Crippen LogP contribution in [0.15, 0.2) is 48.5 Å². The van der Waals surface area contributed by atoms with Crippen molar-refractivity contribution in [2.75, 3.05) is 49.7 Å². The number of benzene rings is 2. The molecule has 0 aromatic heterocycles. The van der Waals surface area contributed by atoms with E-state index in [1.54, 1.807) is 13.8 Å². The van der Waals surface area contributed by atoms with Crippen molar-refractivity contribution < 1.29 is 28.7 Å². The predicted molar refractivity (Wildman–Crippen MR) is 160 cm³/mol. The summed E-state index contributed by atoms with van der Waals surface area (Å²) in [4.78, 5) is 65.7. The van der Waals surface area contributed by atoms with Gasteiger partial charge >= 0.3 is 24.0 Å². The van der Waals surface area contributed by atoms with E-state index in [0.29, 0.717) is 0 Å². The number of ether oxygens (including phenoxy) is 2. The standard InChI is InChI=1S/C26H26I2N6O6/c1-3-39-21(35)25-26(22(36)40-4-2)33-15-30(20-11-7-18(28)8-12-20)16-34(26)24(38)32(25)14-29(13-31(25)23(33)37)19-9-5-17(27)6-10-19/h5-12H,3-4,13-16H2,1-2H3. The highest BCUT2D eigenvalue weighted by atomic mass is 127. The number of rotatable bonds is 6. The first-order valence-corrected chi connectivity index (χ1v) is 14.9. The molecule has 6 rings (SSSR count). The molecule has 0 spiro atoms. The summed E-state index contributed by atoms with van der Waals surface area (Å²) in [6.07, 6.45) is 0. The fourth-order valence-corrected chi connectivity index (χ4v) is 6.85. The molecule has 4 fully saturated rings. The third-order valence-corrected chi connectivity index (χ3v) is 9.16. The van der Waals surface area contributed by atoms with E-state index in [2.05, 4.69) is 45.2 Å². The number of carbonyl (C=O) groups excluding carboxylic acids is 4. The molecule has 2 aromatic carbocycles. The van der Waals surface area contributed by atoms with Crippen molar-refractivity contribution in [3.8, 4) is 0 Å². The lowest BCUT2D eigenvalue weighted by Crippen LogP contribution is -2.80. The molecule has 0 N–H and O–H groups in total. The Morgan fingerprint density at radius 3 is 1.23 bits per heavy atom. The summed E-state index contributed by atoms with van der Waals surface area (Å²) < 4.78 is 13.1. The smallest absolute Gasteiger partial charge is 0.359 e. The van der Waals surface area contributed by atoms with Gasteiger partial charge in [0.2, 0.25) is 0 Å². The van der Waals surface area contributed by atoms with Gasteiger partial charge < -0.3 is 19.3 Å². The van der Waals surface area contributed by atoms with Gasteiger partial charge in [-0.3, -0.25) is 19.6 Å². The lowest BCUT2D eigenvalue weighted by Gasteiger charge is -2.51. The summed E-state index contributed by atoms with van der Waals surface area (Å²) in [7, 11) is 0. The normalized spacial score (nSPS) is 25.0. The zero-order chi connectivity index (χ0) is 28.4. The number of halogens is 2. The zero-order valence-corrected chi connectivity index (χ0v) is 26.1. The van der Waals surface area contributed by atoms with Gasteiger partial charge in [0.25, 0.3) is 11.3 Å². The van der Waals surface area contributed by atoms with Crippen LogP contribution in [-0.2, 0) is 19.1 Å². The molecule has 0 atom stereocenters. The molecule has 210 valence electrons. The minimum Gasteiger partial charge on any atom is -0.463 e. The monoisotopic (exact) mass is 772 g/mol. The van der Waals surface area contributed by atoms with Crippen molar-refractivity contribution in [3.05, 3.63) is 55.7 Å². The minimum atomic E-state index is -2.07. The molecular formula is C26H26I2N6O6. The van der Waals surface area contributed by atoms with Gasteiger partial charge in [-0.1, -0.05) is 0 Å². The Balaban J connectivity index is 1.54. The highest BCUT2D eigenvalue weighted by Crippen LogP contribution is 2.56. The third kappa shape index (κ3) is 3.46. The first kappa shape index (κ1) is 27.2. The topological polar surface area (TPSA) is 106 Å². The Morgan fingerprint density at radius 2 is 0.950 bits per heavy atom. The van der Waals surface area contributed by atoms with E-state index in [-0.39, 0.29) is 39.9 Å². The Labute approximate surface area is 258 Å². The zero-order valence-electron chi connectivity index (χ0n) is 21.8. The number of carbonyl (C=O) groups is 4. The molecule has 0 radical (unpaired) electrons. The van der Waals surface area contributed by atoms with Crippen LogP contribution in [0.3, 0.4) is 0 Å². The minimum absolute atomic E-state index is 0.000832. The number of hydrogen-bond donors (Lipinski definition) is 0. The van der Waals surface area contributed by atoms with Gasteiger partial charge in [-0.25, -0.2) is 19.2 Å². The summed E-state index contributed by atoms with van der Waals surface area (Å²) in [5, 5.41) is 0. The van der Waals surface area contributed by atoms with Crippen LogP contribution in [0.5, 0.6) is 0 Å². The Hall–Kier alpha value is -3.02. The molecule has 4 aliphatic heterocycles. The molecule has 0 unspecified atom stereocenters. The molecule has 12 nitrogen and oxygen atoms in total. The largest absolute Gasteiger partial charge is 0.463 e. The number of esters is 2. The van der Waals surface area contributed by atoms with Crippen molar-refractivity contribution in [2.24, 2.45) is 0 Å². The average Bonchev–Trinajstić information content (AvgIpc) is 3.33. The molecule has 2 aromatic rings. The van der Waals surface area contributed by atoms with E-state index in [1.165, 1.54) is 19.6 Å². The second-order valence-corrected chi connectivity index (χ2v) is 12.2. The SMILES string of the molecule is CCOC(=O)C12N3CN(c4ccc(I)cc4)CN1C(=O)N1CN(c4ccc(I)cc4)CN(C3=O)C12C(=O)OCC. The van der Waals surface area contributed by atoms with Crippen LogP contribution >= 0.6 is 45.2 Å². The van der Waals surface area contributed by atoms with Gasteiger partial charge in [-0.05, 0) is 108 Å². The van der Waals surface area contributed by atoms with Crippen molar-refractivity contribution in [1.29, 1.82) is 0 Å². The lowest BCUT2D eigenvalue weighted by atomic mass is 9.89. The van der Waals surface area contributed by atoms with Crippen LogP contribution in [0, 0.1) is 7.14 Å². The van der Waals surface area contributed by atoms with Gasteiger partial charge in [-0.15, -0.1) is 0 Å². The number of urea groups is 2. The molecule has 4 heterocycles. The Bertz CT molecular complexity index is 1250. The van der Waals surface area contributed by atoms with Crippen LogP contribution < -0.4 is 9.80 Å². The maximum atomic E-state index is 14.4. The highest BCUT2D eigenvalue weighted by Gasteiger charge is 2.89. The van der Waals surface area contributed by atoms with Crippen LogP contribution in [0.1, 0.15) is 13.8 Å². The van der Waals surface area contributed by atoms with E-state index >= 15 is 0 Å². The van der Waals surface area contributed by atoms with Crippen molar-refractivity contribution >= 4 is 80.6 Å². The van der Waals surface area contributed by atoms with Gasteiger partial charge in [-0.2, -0.15) is 0 Å². The van der Waals surface area contributed by atoms with Crippen LogP contribution in [-0.4, -0.2) is 94.8 Å². The molecule has 14 heteroatoms. The van der Waals surface area contributed by atoms with Crippen molar-refractivity contribution in [1.82, 2.24) is 19.6 Å². The van der Waals surface area contributed by atoms with E-state index in [1.807, 2.05) is 58.3 Å². The van der Waals surface area contributed by atoms with E-state index in [0.717, 1.165) is 18.5 Å². The highest BCUT2D eigenvalue weighted by molar-refractivity contribution is 14.1. The van der Waals surface area contributed by atoms with E-state index in [9.17, 15) is 19.2 Å². The second-order valence-electron chi connectivity index (χ2n) is 9.66. The molecule has 4 saturated heterocycles. The predicted octanol–water partition coefficient (Wildman–Crippen LogP) is 3.06. The first-order valence-electron chi connectivity index (χ1n) is 12.8. The Morgan fingerprint density at radius 1 is 0.650 bits per heavy atom. The van der Waals surface area contributed by atoms with Crippen LogP contribution in [0.2, 0.25) is 0 Å². The maximum absolute atomic E-state index is 14.4. The van der Waals surface area contributed by atoms with Gasteiger partial charge in [0.1, 0.15) is 0 Å². The summed E-state index contributed by atoms with van der Waals surface area (Å²) in [5.41, 5.74) is -2.62. The lowest BCUT2D eigenvalue weighted by molar-refractivity contribution is -0.194. The quantitative estimate of drug-likeness (QED) is 0.326. The average molecular weight is 772 g/mol.